The third-order valence-electron chi connectivity index (χ3n) is 3.97. The quantitative estimate of drug-likeness (QED) is 0.887. The lowest BCUT2D eigenvalue weighted by Gasteiger charge is -2.17. The van der Waals surface area contributed by atoms with Crippen LogP contribution in [0.4, 0.5) is 11.4 Å². The minimum absolute atomic E-state index is 0.115. The van der Waals surface area contributed by atoms with Gasteiger partial charge in [-0.25, -0.2) is 0 Å². The van der Waals surface area contributed by atoms with Gasteiger partial charge in [-0.15, -0.1) is 0 Å². The largest absolute Gasteiger partial charge is 0.326 e. The van der Waals surface area contributed by atoms with Crippen molar-refractivity contribution in [3.05, 3.63) is 58.1 Å². The molecule has 0 aliphatic carbocycles. The molecular formula is C18H13Cl2N3O2. The molecule has 3 rings (SSSR count). The van der Waals surface area contributed by atoms with Crippen LogP contribution in [0.25, 0.3) is 0 Å². The Morgan fingerprint density at radius 2 is 2.00 bits per heavy atom. The number of amides is 2. The Balaban J connectivity index is 1.72. The fourth-order valence-electron chi connectivity index (χ4n) is 2.70. The molecule has 2 aromatic carbocycles. The second kappa shape index (κ2) is 7.14. The van der Waals surface area contributed by atoms with Crippen LogP contribution < -0.4 is 10.2 Å². The Bertz CT molecular complexity index is 892. The van der Waals surface area contributed by atoms with Crippen LogP contribution in [-0.4, -0.2) is 18.4 Å². The molecule has 1 heterocycles. The summed E-state index contributed by atoms with van der Waals surface area (Å²) in [4.78, 5) is 26.2. The van der Waals surface area contributed by atoms with Crippen LogP contribution in [0.1, 0.15) is 12.0 Å². The number of hydrogen-bond donors (Lipinski definition) is 1. The zero-order valence-electron chi connectivity index (χ0n) is 13.0. The number of nitrogens with one attached hydrogen (secondary N) is 1. The molecule has 1 fully saturated rings. The van der Waals surface area contributed by atoms with Gasteiger partial charge in [0.05, 0.1) is 27.6 Å². The maximum Gasteiger partial charge on any atom is 0.229 e. The van der Waals surface area contributed by atoms with Crippen molar-refractivity contribution in [1.29, 1.82) is 5.26 Å². The van der Waals surface area contributed by atoms with E-state index in [9.17, 15) is 9.59 Å². The minimum atomic E-state index is -0.479. The standard InChI is InChI=1S/C18H13Cl2N3O2/c19-15-5-4-14(8-16(15)20)23-10-12(7-17(23)24)18(25)22-13-3-1-2-11(6-13)9-21/h1-6,8,12H,7,10H2,(H,22,25). The molecule has 0 saturated carbocycles. The normalized spacial score (nSPS) is 16.6. The predicted octanol–water partition coefficient (Wildman–Crippen LogP) is 3.86. The molecule has 7 heteroatoms. The van der Waals surface area contributed by atoms with Gasteiger partial charge >= 0.3 is 0 Å². The van der Waals surface area contributed by atoms with Gasteiger partial charge in [0, 0.05) is 24.3 Å². The minimum Gasteiger partial charge on any atom is -0.326 e. The Labute approximate surface area is 154 Å². The summed E-state index contributed by atoms with van der Waals surface area (Å²) in [6, 6.07) is 13.6. The van der Waals surface area contributed by atoms with Crippen LogP contribution in [0.15, 0.2) is 42.5 Å². The van der Waals surface area contributed by atoms with E-state index in [4.69, 9.17) is 28.5 Å². The molecule has 0 aromatic heterocycles. The van der Waals surface area contributed by atoms with E-state index in [-0.39, 0.29) is 24.8 Å². The van der Waals surface area contributed by atoms with Crippen LogP contribution in [0.2, 0.25) is 10.0 Å². The fraction of sp³-hybridized carbons (Fsp3) is 0.167. The van der Waals surface area contributed by atoms with Gasteiger partial charge in [-0.3, -0.25) is 9.59 Å². The number of carbonyl (C=O) groups is 2. The molecule has 2 aromatic rings. The van der Waals surface area contributed by atoms with Gasteiger partial charge < -0.3 is 10.2 Å². The zero-order valence-corrected chi connectivity index (χ0v) is 14.5. The van der Waals surface area contributed by atoms with E-state index in [1.165, 1.54) is 4.90 Å². The number of nitriles is 1. The lowest BCUT2D eigenvalue weighted by molar-refractivity contribution is -0.122. The van der Waals surface area contributed by atoms with Crippen molar-refractivity contribution in [2.75, 3.05) is 16.8 Å². The molecule has 1 aliphatic heterocycles. The molecule has 126 valence electrons. The summed E-state index contributed by atoms with van der Waals surface area (Å²) in [6.07, 6.45) is 0.115. The third-order valence-corrected chi connectivity index (χ3v) is 4.71. The number of hydrogen-bond acceptors (Lipinski definition) is 3. The first-order valence-corrected chi connectivity index (χ1v) is 8.30. The fourth-order valence-corrected chi connectivity index (χ4v) is 2.99. The number of anilines is 2. The number of halogens is 2. The maximum absolute atomic E-state index is 12.4. The monoisotopic (exact) mass is 373 g/mol. The summed E-state index contributed by atoms with van der Waals surface area (Å²) < 4.78 is 0. The van der Waals surface area contributed by atoms with Crippen molar-refractivity contribution in [3.63, 3.8) is 0 Å². The Hall–Kier alpha value is -2.55. The van der Waals surface area contributed by atoms with Gasteiger partial charge in [-0.1, -0.05) is 29.3 Å². The highest BCUT2D eigenvalue weighted by molar-refractivity contribution is 6.42. The topological polar surface area (TPSA) is 73.2 Å². The summed E-state index contributed by atoms with van der Waals surface area (Å²) >= 11 is 11.9. The van der Waals surface area contributed by atoms with Crippen molar-refractivity contribution in [2.45, 2.75) is 6.42 Å². The van der Waals surface area contributed by atoms with E-state index >= 15 is 0 Å². The van der Waals surface area contributed by atoms with Crippen LogP contribution in [0.3, 0.4) is 0 Å². The van der Waals surface area contributed by atoms with Crippen LogP contribution in [-0.2, 0) is 9.59 Å². The first-order chi connectivity index (χ1) is 12.0. The zero-order chi connectivity index (χ0) is 18.0. The molecule has 0 spiro atoms. The SMILES string of the molecule is N#Cc1cccc(NC(=O)C2CC(=O)N(c3ccc(Cl)c(Cl)c3)C2)c1. The summed E-state index contributed by atoms with van der Waals surface area (Å²) in [7, 11) is 0. The Morgan fingerprint density at radius 3 is 2.72 bits per heavy atom. The van der Waals surface area contributed by atoms with Crippen molar-refractivity contribution in [3.8, 4) is 6.07 Å². The van der Waals surface area contributed by atoms with Crippen molar-refractivity contribution >= 4 is 46.4 Å². The smallest absolute Gasteiger partial charge is 0.229 e. The molecule has 5 nitrogen and oxygen atoms in total. The second-order valence-electron chi connectivity index (χ2n) is 5.69. The molecule has 1 atom stereocenters. The Morgan fingerprint density at radius 1 is 1.20 bits per heavy atom. The molecule has 0 radical (unpaired) electrons. The van der Waals surface area contributed by atoms with Crippen LogP contribution >= 0.6 is 23.2 Å². The van der Waals surface area contributed by atoms with E-state index < -0.39 is 5.92 Å². The van der Waals surface area contributed by atoms with Gasteiger partial charge in [0.1, 0.15) is 0 Å². The number of rotatable bonds is 3. The number of carbonyl (C=O) groups excluding carboxylic acids is 2. The van der Waals surface area contributed by atoms with Gasteiger partial charge in [-0.05, 0) is 36.4 Å². The molecule has 0 bridgehead atoms. The molecule has 2 amide bonds. The first-order valence-electron chi connectivity index (χ1n) is 7.54. The number of nitrogens with zero attached hydrogens (tertiary/aromatic N) is 2. The van der Waals surface area contributed by atoms with Gasteiger partial charge in [0.15, 0.2) is 0 Å². The van der Waals surface area contributed by atoms with Gasteiger partial charge in [0.25, 0.3) is 0 Å². The average molecular weight is 374 g/mol. The highest BCUT2D eigenvalue weighted by atomic mass is 35.5. The molecular weight excluding hydrogens is 361 g/mol. The van der Waals surface area contributed by atoms with Crippen LogP contribution in [0.5, 0.6) is 0 Å². The highest BCUT2D eigenvalue weighted by Crippen LogP contribution is 2.31. The average Bonchev–Trinajstić information content (AvgIpc) is 2.99. The first kappa shape index (κ1) is 17.3. The molecule has 1 unspecified atom stereocenters. The summed E-state index contributed by atoms with van der Waals surface area (Å²) in [5.74, 6) is -0.886. The predicted molar refractivity (Wildman–Crippen MR) is 96.7 cm³/mol. The van der Waals surface area contributed by atoms with E-state index in [2.05, 4.69) is 5.32 Å². The molecule has 25 heavy (non-hydrogen) atoms. The summed E-state index contributed by atoms with van der Waals surface area (Å²) in [5, 5.41) is 12.4. The second-order valence-corrected chi connectivity index (χ2v) is 6.50. The van der Waals surface area contributed by atoms with Crippen molar-refractivity contribution in [1.82, 2.24) is 0 Å². The molecule has 1 saturated heterocycles. The van der Waals surface area contributed by atoms with E-state index in [0.717, 1.165) is 0 Å². The van der Waals surface area contributed by atoms with E-state index in [1.807, 2.05) is 6.07 Å². The maximum atomic E-state index is 12.4. The number of benzene rings is 2. The van der Waals surface area contributed by atoms with Crippen LogP contribution in [0, 0.1) is 17.2 Å². The van der Waals surface area contributed by atoms with E-state index in [0.29, 0.717) is 27.0 Å². The van der Waals surface area contributed by atoms with E-state index in [1.54, 1.807) is 42.5 Å². The molecule has 1 aliphatic rings. The van der Waals surface area contributed by atoms with Crippen molar-refractivity contribution in [2.24, 2.45) is 5.92 Å². The van der Waals surface area contributed by atoms with Gasteiger partial charge in [0.2, 0.25) is 11.8 Å². The lowest BCUT2D eigenvalue weighted by Crippen LogP contribution is -2.28. The summed E-state index contributed by atoms with van der Waals surface area (Å²) in [5.41, 5.74) is 1.60. The molecule has 1 N–H and O–H groups in total. The third kappa shape index (κ3) is 3.76. The van der Waals surface area contributed by atoms with Crippen molar-refractivity contribution < 1.29 is 9.59 Å². The van der Waals surface area contributed by atoms with Gasteiger partial charge in [-0.2, -0.15) is 5.26 Å². The summed E-state index contributed by atoms with van der Waals surface area (Å²) in [6.45, 7) is 0.264. The highest BCUT2D eigenvalue weighted by Gasteiger charge is 2.35. The Kier molecular flexibility index (Phi) is 4.93. The lowest BCUT2D eigenvalue weighted by atomic mass is 10.1.